The predicted octanol–water partition coefficient (Wildman–Crippen LogP) is 16.9. The highest BCUT2D eigenvalue weighted by molar-refractivity contribution is 7.45. The maximum atomic E-state index is 13.5. The number of ether oxygens (including phenoxy) is 1. The summed E-state index contributed by atoms with van der Waals surface area (Å²) in [6.45, 7) is 6.52. The molecule has 416 valence electrons. The van der Waals surface area contributed by atoms with Crippen LogP contribution in [0.15, 0.2) is 122 Å². The monoisotopic (exact) mass is 1030 g/mol. The van der Waals surface area contributed by atoms with E-state index in [0.717, 1.165) is 103 Å². The number of unbranched alkanes of at least 4 members (excludes halogenated alkanes) is 18. The number of esters is 1. The molecular weight excluding hydrogens is 928 g/mol. The highest BCUT2D eigenvalue weighted by atomic mass is 31.2. The summed E-state index contributed by atoms with van der Waals surface area (Å²) in [7, 11) is 1.13. The largest absolute Gasteiger partial charge is 0.756 e. The molecule has 0 fully saturated rings. The third kappa shape index (κ3) is 53.1. The molecule has 1 N–H and O–H groups in total. The first-order chi connectivity index (χ1) is 35.4. The number of phosphoric acid groups is 1. The van der Waals surface area contributed by atoms with Crippen molar-refractivity contribution in [2.24, 2.45) is 0 Å². The number of amides is 1. The summed E-state index contributed by atoms with van der Waals surface area (Å²) in [5, 5.41) is 3.00. The molecule has 0 saturated carbocycles. The summed E-state index contributed by atoms with van der Waals surface area (Å²) in [6, 6.07) is -0.920. The van der Waals surface area contributed by atoms with Crippen LogP contribution in [0.4, 0.5) is 0 Å². The summed E-state index contributed by atoms with van der Waals surface area (Å²) in [4.78, 5) is 39.8. The Balaban J connectivity index is 5.39. The second-order valence-corrected chi connectivity index (χ2v) is 21.5. The lowest BCUT2D eigenvalue weighted by molar-refractivity contribution is -0.870. The number of carbonyl (C=O) groups is 2. The van der Waals surface area contributed by atoms with Gasteiger partial charge in [-0.2, -0.15) is 0 Å². The van der Waals surface area contributed by atoms with E-state index in [2.05, 4.69) is 135 Å². The molecule has 3 atom stereocenters. The van der Waals surface area contributed by atoms with Crippen LogP contribution in [0.2, 0.25) is 0 Å². The molecule has 9 nitrogen and oxygen atoms in total. The average Bonchev–Trinajstić information content (AvgIpc) is 3.35. The second-order valence-electron chi connectivity index (χ2n) is 20.1. The predicted molar refractivity (Wildman–Crippen MR) is 311 cm³/mol. The van der Waals surface area contributed by atoms with Crippen LogP contribution in [-0.2, 0) is 27.9 Å². The van der Waals surface area contributed by atoms with Crippen molar-refractivity contribution < 1.29 is 37.3 Å². The molecule has 10 heteroatoms. The Morgan fingerprint density at radius 2 is 0.945 bits per heavy atom. The molecule has 0 saturated heterocycles. The van der Waals surface area contributed by atoms with Crippen LogP contribution >= 0.6 is 7.82 Å². The van der Waals surface area contributed by atoms with Crippen molar-refractivity contribution in [1.82, 2.24) is 5.32 Å². The van der Waals surface area contributed by atoms with Crippen LogP contribution in [-0.4, -0.2) is 69.4 Å². The van der Waals surface area contributed by atoms with E-state index in [0.29, 0.717) is 23.9 Å². The van der Waals surface area contributed by atoms with Crippen LogP contribution < -0.4 is 10.2 Å². The van der Waals surface area contributed by atoms with Crippen molar-refractivity contribution in [2.75, 3.05) is 40.9 Å². The third-order valence-corrected chi connectivity index (χ3v) is 12.9. The molecule has 0 spiro atoms. The van der Waals surface area contributed by atoms with E-state index in [1.807, 2.05) is 27.2 Å². The Morgan fingerprint density at radius 1 is 0.507 bits per heavy atom. The Hall–Kier alpha value is -3.59. The van der Waals surface area contributed by atoms with Gasteiger partial charge in [-0.05, 0) is 102 Å². The molecule has 0 aliphatic heterocycles. The number of rotatable bonds is 50. The van der Waals surface area contributed by atoms with E-state index in [9.17, 15) is 19.0 Å². The first-order valence-corrected chi connectivity index (χ1v) is 30.3. The number of hydrogen-bond acceptors (Lipinski definition) is 7. The summed E-state index contributed by atoms with van der Waals surface area (Å²) >= 11 is 0. The van der Waals surface area contributed by atoms with Crippen LogP contribution in [0.5, 0.6) is 0 Å². The van der Waals surface area contributed by atoms with Gasteiger partial charge in [0.1, 0.15) is 19.3 Å². The van der Waals surface area contributed by atoms with Crippen LogP contribution in [0, 0.1) is 0 Å². The van der Waals surface area contributed by atoms with E-state index < -0.39 is 32.5 Å². The van der Waals surface area contributed by atoms with Crippen LogP contribution in [0.1, 0.15) is 213 Å². The van der Waals surface area contributed by atoms with E-state index in [4.69, 9.17) is 13.8 Å². The molecule has 3 unspecified atom stereocenters. The minimum atomic E-state index is -4.72. The summed E-state index contributed by atoms with van der Waals surface area (Å²) < 4.78 is 30.2. The zero-order valence-corrected chi connectivity index (χ0v) is 48.2. The molecule has 0 aromatic rings. The zero-order chi connectivity index (χ0) is 53.6. The second kappa shape index (κ2) is 51.9. The molecule has 0 aliphatic rings. The standard InChI is InChI=1S/C63H107N2O7P/c1-7-10-13-16-19-22-25-27-29-30-31-32-33-34-36-38-41-44-47-50-53-56-63(67)72-61(54-51-48-45-42-39-24-21-18-15-12-9-3)60(59-71-73(68,69)70-58-57-65(4,5)6)64-62(66)55-52-49-46-43-40-37-35-28-26-23-20-17-14-11-8-2/h10-11,13-14,17,19-20,22-23,26-27,29,31-32,34,36,41,44,51,54,60-61H,7-9,12,15-16,18,21,24-25,28,30,33,35,37-40,42-43,45-50,52-53,55-59H2,1-6H3,(H-,64,66,68,69)/b13-10-,14-11+,20-17+,22-19-,26-23+,29-27-,32-31-,36-34-,44-41-,54-51-. The Bertz CT molecular complexity index is 1660. The minimum absolute atomic E-state index is 0.0389. The highest BCUT2D eigenvalue weighted by Crippen LogP contribution is 2.38. The first kappa shape index (κ1) is 69.4. The van der Waals surface area contributed by atoms with E-state index in [1.54, 1.807) is 6.08 Å². The topological polar surface area (TPSA) is 114 Å². The number of likely N-dealkylation sites (N-methyl/N-ethyl adjacent to an activating group) is 1. The van der Waals surface area contributed by atoms with Gasteiger partial charge < -0.3 is 28.5 Å². The van der Waals surface area contributed by atoms with Gasteiger partial charge in [-0.1, -0.05) is 220 Å². The Labute approximate surface area is 448 Å². The van der Waals surface area contributed by atoms with E-state index in [-0.39, 0.29) is 25.4 Å². The third-order valence-electron chi connectivity index (χ3n) is 11.9. The number of carbonyl (C=O) groups excluding carboxylic acids is 2. The normalized spacial score (nSPS) is 14.7. The average molecular weight is 1040 g/mol. The van der Waals surface area contributed by atoms with Crippen molar-refractivity contribution >= 4 is 19.7 Å². The smallest absolute Gasteiger partial charge is 0.306 e. The Kier molecular flexibility index (Phi) is 49.3. The molecule has 0 rings (SSSR count). The van der Waals surface area contributed by atoms with Gasteiger partial charge in [0.2, 0.25) is 5.91 Å². The minimum Gasteiger partial charge on any atom is -0.756 e. The maximum Gasteiger partial charge on any atom is 0.306 e. The highest BCUT2D eigenvalue weighted by Gasteiger charge is 2.27. The fourth-order valence-electron chi connectivity index (χ4n) is 7.52. The molecular formula is C63H107N2O7P. The van der Waals surface area contributed by atoms with E-state index >= 15 is 0 Å². The molecule has 0 bridgehead atoms. The molecule has 0 aromatic heterocycles. The van der Waals surface area contributed by atoms with Crippen molar-refractivity contribution in [3.63, 3.8) is 0 Å². The van der Waals surface area contributed by atoms with Gasteiger partial charge in [0.05, 0.1) is 33.8 Å². The number of hydrogen-bond donors (Lipinski definition) is 1. The lowest BCUT2D eigenvalue weighted by Gasteiger charge is -2.30. The maximum absolute atomic E-state index is 13.5. The van der Waals surface area contributed by atoms with Gasteiger partial charge in [-0.15, -0.1) is 0 Å². The van der Waals surface area contributed by atoms with Crippen LogP contribution in [0.3, 0.4) is 0 Å². The number of quaternary nitrogens is 1. The summed E-state index contributed by atoms with van der Waals surface area (Å²) in [5.41, 5.74) is 0. The van der Waals surface area contributed by atoms with Crippen molar-refractivity contribution in [1.29, 1.82) is 0 Å². The molecule has 1 amide bonds. The van der Waals surface area contributed by atoms with Gasteiger partial charge >= 0.3 is 5.97 Å². The summed E-state index contributed by atoms with van der Waals surface area (Å²) in [6.07, 6.45) is 71.7. The summed E-state index contributed by atoms with van der Waals surface area (Å²) in [5.74, 6) is -0.618. The molecule has 0 aromatic carbocycles. The van der Waals surface area contributed by atoms with E-state index in [1.165, 1.54) is 64.2 Å². The fraction of sp³-hybridized carbons (Fsp3) is 0.651. The van der Waals surface area contributed by atoms with Gasteiger partial charge in [0, 0.05) is 12.8 Å². The SMILES string of the molecule is CC/C=C\C/C=C\C/C=C\C/C=C\C/C=C\C/C=C\CCCCC(=O)OC(/C=C\CCCCCCCCCCC)C(COP(=O)([O-])OCC[N+](C)(C)C)NC(=O)CCCCCCCCC/C=C/C=C/C=C/CC. The van der Waals surface area contributed by atoms with Crippen molar-refractivity contribution in [3.8, 4) is 0 Å². The van der Waals surface area contributed by atoms with Gasteiger partial charge in [-0.3, -0.25) is 14.2 Å². The first-order valence-electron chi connectivity index (χ1n) is 28.9. The van der Waals surface area contributed by atoms with Crippen LogP contribution in [0.25, 0.3) is 0 Å². The van der Waals surface area contributed by atoms with Gasteiger partial charge in [0.25, 0.3) is 7.82 Å². The molecule has 73 heavy (non-hydrogen) atoms. The number of allylic oxidation sites excluding steroid dienone is 19. The quantitative estimate of drug-likeness (QED) is 0.0161. The molecule has 0 radical (unpaired) electrons. The number of nitrogens with zero attached hydrogens (tertiary/aromatic N) is 1. The Morgan fingerprint density at radius 3 is 1.48 bits per heavy atom. The fourth-order valence-corrected chi connectivity index (χ4v) is 8.25. The number of phosphoric ester groups is 1. The lowest BCUT2D eigenvalue weighted by Crippen LogP contribution is -2.47. The zero-order valence-electron chi connectivity index (χ0n) is 47.3. The van der Waals surface area contributed by atoms with Gasteiger partial charge in [-0.25, -0.2) is 0 Å². The molecule has 0 aliphatic carbocycles. The van der Waals surface area contributed by atoms with Gasteiger partial charge in [0.15, 0.2) is 0 Å². The number of nitrogens with one attached hydrogen (secondary N) is 1. The van der Waals surface area contributed by atoms with Crippen molar-refractivity contribution in [2.45, 2.75) is 226 Å². The molecule has 0 heterocycles. The lowest BCUT2D eigenvalue weighted by atomic mass is 10.1. The van der Waals surface area contributed by atoms with Crippen molar-refractivity contribution in [3.05, 3.63) is 122 Å².